The first-order valence-electron chi connectivity index (χ1n) is 8.00. The largest absolute Gasteiger partial charge is 0.381 e. The molecule has 0 aromatic carbocycles. The third-order valence-electron chi connectivity index (χ3n) is 4.87. The molecule has 0 radical (unpaired) electrons. The fraction of sp³-hybridized carbons (Fsp3) is 1.00. The van der Waals surface area contributed by atoms with E-state index in [2.05, 4.69) is 26.1 Å². The highest BCUT2D eigenvalue weighted by Crippen LogP contribution is 2.36. The number of ether oxygens (including phenoxy) is 1. The van der Waals surface area contributed by atoms with Gasteiger partial charge < -0.3 is 10.1 Å². The predicted octanol–water partition coefficient (Wildman–Crippen LogP) is 1.99. The van der Waals surface area contributed by atoms with Crippen LogP contribution in [0.1, 0.15) is 46.5 Å². The second-order valence-electron chi connectivity index (χ2n) is 6.58. The van der Waals surface area contributed by atoms with Gasteiger partial charge >= 0.3 is 0 Å². The summed E-state index contributed by atoms with van der Waals surface area (Å²) in [6, 6.07) is 0.117. The molecule has 1 N–H and O–H groups in total. The summed E-state index contributed by atoms with van der Waals surface area (Å²) < 4.78 is 31.4. The fourth-order valence-corrected chi connectivity index (χ4v) is 6.79. The van der Waals surface area contributed by atoms with Crippen LogP contribution in [0.3, 0.4) is 0 Å². The number of hydrogen-bond donors (Lipinski definition) is 1. The van der Waals surface area contributed by atoms with Crippen LogP contribution in [-0.2, 0) is 14.6 Å². The Hall–Kier alpha value is -0.130. The van der Waals surface area contributed by atoms with Crippen molar-refractivity contribution >= 4 is 9.84 Å². The van der Waals surface area contributed by atoms with E-state index in [0.29, 0.717) is 32.0 Å². The standard InChI is InChI=1S/C15H29NO3S/c1-4-16-14-10-11(2)9-12(3)15(14)20(17,18)13-5-7-19-8-6-13/h11-16H,4-10H2,1-3H3. The zero-order valence-electron chi connectivity index (χ0n) is 13.0. The number of nitrogens with one attached hydrogen (secondary N) is 1. The molecule has 0 aromatic rings. The average Bonchev–Trinajstić information content (AvgIpc) is 2.39. The molecule has 4 nitrogen and oxygen atoms in total. The van der Waals surface area contributed by atoms with Gasteiger partial charge in [0, 0.05) is 19.3 Å². The van der Waals surface area contributed by atoms with Crippen LogP contribution in [0, 0.1) is 11.8 Å². The van der Waals surface area contributed by atoms with E-state index < -0.39 is 9.84 Å². The van der Waals surface area contributed by atoms with Crippen molar-refractivity contribution in [1.29, 1.82) is 0 Å². The number of rotatable bonds is 4. The topological polar surface area (TPSA) is 55.4 Å². The third kappa shape index (κ3) is 3.37. The minimum atomic E-state index is -3.07. The van der Waals surface area contributed by atoms with Crippen LogP contribution in [-0.4, -0.2) is 44.7 Å². The van der Waals surface area contributed by atoms with E-state index in [9.17, 15) is 8.42 Å². The Morgan fingerprint density at radius 1 is 1.15 bits per heavy atom. The minimum Gasteiger partial charge on any atom is -0.381 e. The Labute approximate surface area is 123 Å². The van der Waals surface area contributed by atoms with Gasteiger partial charge in [-0.15, -0.1) is 0 Å². The van der Waals surface area contributed by atoms with Gasteiger partial charge in [-0.25, -0.2) is 8.42 Å². The van der Waals surface area contributed by atoms with Gasteiger partial charge in [0.2, 0.25) is 0 Å². The van der Waals surface area contributed by atoms with Crippen molar-refractivity contribution in [2.45, 2.75) is 63.0 Å². The first-order valence-corrected chi connectivity index (χ1v) is 9.61. The Morgan fingerprint density at radius 2 is 1.80 bits per heavy atom. The minimum absolute atomic E-state index is 0.117. The molecule has 0 amide bonds. The van der Waals surface area contributed by atoms with Crippen molar-refractivity contribution in [1.82, 2.24) is 5.32 Å². The van der Waals surface area contributed by atoms with Crippen molar-refractivity contribution in [3.05, 3.63) is 0 Å². The summed E-state index contributed by atoms with van der Waals surface area (Å²) in [5.74, 6) is 0.853. The van der Waals surface area contributed by atoms with Gasteiger partial charge in [-0.1, -0.05) is 20.8 Å². The SMILES string of the molecule is CCNC1CC(C)CC(C)C1S(=O)(=O)C1CCOCC1. The normalized spacial score (nSPS) is 37.0. The van der Waals surface area contributed by atoms with Gasteiger partial charge in [0.1, 0.15) is 0 Å². The van der Waals surface area contributed by atoms with Gasteiger partial charge in [0.15, 0.2) is 9.84 Å². The molecule has 0 aromatic heterocycles. The summed E-state index contributed by atoms with van der Waals surface area (Å²) in [5.41, 5.74) is 0. The van der Waals surface area contributed by atoms with Crippen LogP contribution < -0.4 is 5.32 Å². The zero-order chi connectivity index (χ0) is 14.8. The van der Waals surface area contributed by atoms with Crippen LogP contribution in [0.4, 0.5) is 0 Å². The Kier molecular flexibility index (Phi) is 5.49. The van der Waals surface area contributed by atoms with Crippen LogP contribution >= 0.6 is 0 Å². The Morgan fingerprint density at radius 3 is 2.40 bits per heavy atom. The number of sulfone groups is 1. The summed E-state index contributed by atoms with van der Waals surface area (Å²) in [6.45, 7) is 8.42. The molecular weight excluding hydrogens is 274 g/mol. The summed E-state index contributed by atoms with van der Waals surface area (Å²) in [5, 5.41) is 3.01. The summed E-state index contributed by atoms with van der Waals surface area (Å²) in [6.07, 6.45) is 3.33. The van der Waals surface area contributed by atoms with E-state index in [1.54, 1.807) is 0 Å². The van der Waals surface area contributed by atoms with Gasteiger partial charge in [-0.3, -0.25) is 0 Å². The Balaban J connectivity index is 2.21. The third-order valence-corrected chi connectivity index (χ3v) is 7.82. The van der Waals surface area contributed by atoms with Crippen molar-refractivity contribution in [3.63, 3.8) is 0 Å². The quantitative estimate of drug-likeness (QED) is 0.863. The highest BCUT2D eigenvalue weighted by Gasteiger charge is 2.45. The first-order chi connectivity index (χ1) is 9.46. The molecular formula is C15H29NO3S. The van der Waals surface area contributed by atoms with Crippen LogP contribution in [0.15, 0.2) is 0 Å². The van der Waals surface area contributed by atoms with Gasteiger partial charge in [-0.2, -0.15) is 0 Å². The maximum Gasteiger partial charge on any atom is 0.157 e. The molecule has 1 aliphatic carbocycles. The molecule has 0 bridgehead atoms. The molecule has 1 saturated carbocycles. The maximum absolute atomic E-state index is 13.0. The molecule has 2 fully saturated rings. The lowest BCUT2D eigenvalue weighted by Crippen LogP contribution is -2.54. The van der Waals surface area contributed by atoms with Crippen LogP contribution in [0.2, 0.25) is 0 Å². The molecule has 1 aliphatic heterocycles. The summed E-state index contributed by atoms with van der Waals surface area (Å²) >= 11 is 0. The molecule has 118 valence electrons. The fourth-order valence-electron chi connectivity index (χ4n) is 4.07. The molecule has 2 aliphatic rings. The van der Waals surface area contributed by atoms with Crippen molar-refractivity contribution in [3.8, 4) is 0 Å². The second-order valence-corrected chi connectivity index (χ2v) is 8.97. The van der Waals surface area contributed by atoms with Crippen LogP contribution in [0.25, 0.3) is 0 Å². The highest BCUT2D eigenvalue weighted by atomic mass is 32.2. The lowest BCUT2D eigenvalue weighted by Gasteiger charge is -2.41. The predicted molar refractivity (Wildman–Crippen MR) is 81.6 cm³/mol. The van der Waals surface area contributed by atoms with Crippen molar-refractivity contribution in [2.75, 3.05) is 19.8 Å². The summed E-state index contributed by atoms with van der Waals surface area (Å²) in [7, 11) is -3.07. The second kappa shape index (κ2) is 6.75. The highest BCUT2D eigenvalue weighted by molar-refractivity contribution is 7.92. The van der Waals surface area contributed by atoms with E-state index >= 15 is 0 Å². The molecule has 5 heteroatoms. The van der Waals surface area contributed by atoms with Crippen molar-refractivity contribution in [2.24, 2.45) is 11.8 Å². The zero-order valence-corrected chi connectivity index (χ0v) is 13.8. The lowest BCUT2D eigenvalue weighted by atomic mass is 9.80. The smallest absolute Gasteiger partial charge is 0.157 e. The molecule has 4 atom stereocenters. The molecule has 20 heavy (non-hydrogen) atoms. The Bertz CT molecular complexity index is 403. The average molecular weight is 303 g/mol. The molecule has 1 heterocycles. The monoisotopic (exact) mass is 303 g/mol. The number of hydrogen-bond acceptors (Lipinski definition) is 4. The van der Waals surface area contributed by atoms with Gasteiger partial charge in [-0.05, 0) is 44.1 Å². The van der Waals surface area contributed by atoms with E-state index in [-0.39, 0.29) is 22.5 Å². The van der Waals surface area contributed by atoms with Crippen molar-refractivity contribution < 1.29 is 13.2 Å². The first kappa shape index (κ1) is 16.2. The summed E-state index contributed by atoms with van der Waals surface area (Å²) in [4.78, 5) is 0. The van der Waals surface area contributed by atoms with E-state index in [0.717, 1.165) is 19.4 Å². The van der Waals surface area contributed by atoms with E-state index in [4.69, 9.17) is 4.74 Å². The molecule has 2 rings (SSSR count). The molecule has 4 unspecified atom stereocenters. The molecule has 0 spiro atoms. The lowest BCUT2D eigenvalue weighted by molar-refractivity contribution is 0.0976. The van der Waals surface area contributed by atoms with E-state index in [1.807, 2.05) is 0 Å². The van der Waals surface area contributed by atoms with E-state index in [1.165, 1.54) is 0 Å². The molecule has 1 saturated heterocycles. The van der Waals surface area contributed by atoms with Gasteiger partial charge in [0.05, 0.1) is 10.5 Å². The van der Waals surface area contributed by atoms with Crippen LogP contribution in [0.5, 0.6) is 0 Å². The maximum atomic E-state index is 13.0. The van der Waals surface area contributed by atoms with Gasteiger partial charge in [0.25, 0.3) is 0 Å².